The molecule has 116 valence electrons. The summed E-state index contributed by atoms with van der Waals surface area (Å²) in [6.45, 7) is 6.04. The molecule has 0 aliphatic rings. The van der Waals surface area contributed by atoms with E-state index in [1.807, 2.05) is 24.3 Å². The quantitative estimate of drug-likeness (QED) is 0.912. The largest absolute Gasteiger partial charge is 0.502 e. The number of aliphatic hydroxyl groups is 1. The first-order valence-electron chi connectivity index (χ1n) is 7.07. The Bertz CT molecular complexity index is 731. The number of hydrogen-bond donors (Lipinski definition) is 2. The molecule has 0 radical (unpaired) electrons. The van der Waals surface area contributed by atoms with Crippen molar-refractivity contribution >= 4 is 12.2 Å². The summed E-state index contributed by atoms with van der Waals surface area (Å²) in [5, 5.41) is 18.7. The van der Waals surface area contributed by atoms with Crippen molar-refractivity contribution in [1.82, 2.24) is 0 Å². The average molecular weight is 300 g/mol. The Morgan fingerprint density at radius 3 is 2.32 bits per heavy atom. The van der Waals surface area contributed by atoms with Crippen LogP contribution in [0.4, 0.5) is 0 Å². The van der Waals surface area contributed by atoms with Gasteiger partial charge in [-0.1, -0.05) is 51.1 Å². The lowest BCUT2D eigenvalue weighted by molar-refractivity contribution is 0.240. The molecular formula is C18H20O4. The molecule has 0 saturated heterocycles. The van der Waals surface area contributed by atoms with E-state index in [0.717, 1.165) is 11.6 Å². The van der Waals surface area contributed by atoms with Crippen molar-refractivity contribution in [3.05, 3.63) is 63.2 Å². The molecule has 0 unspecified atom stereocenters. The van der Waals surface area contributed by atoms with Crippen LogP contribution in [-0.4, -0.2) is 10.2 Å². The van der Waals surface area contributed by atoms with Crippen molar-refractivity contribution in [3.8, 4) is 5.75 Å². The molecule has 22 heavy (non-hydrogen) atoms. The zero-order valence-corrected chi connectivity index (χ0v) is 13.0. The molecule has 1 aromatic carbocycles. The predicted octanol–water partition coefficient (Wildman–Crippen LogP) is 3.31. The van der Waals surface area contributed by atoms with E-state index in [9.17, 15) is 9.90 Å². The number of aromatic hydroxyl groups is 1. The van der Waals surface area contributed by atoms with Crippen LogP contribution in [-0.2, 0) is 12.0 Å². The molecule has 0 aliphatic heterocycles. The average Bonchev–Trinajstić information content (AvgIpc) is 2.48. The summed E-state index contributed by atoms with van der Waals surface area (Å²) < 4.78 is 5.25. The lowest BCUT2D eigenvalue weighted by Gasteiger charge is -2.18. The summed E-state index contributed by atoms with van der Waals surface area (Å²) in [7, 11) is 0. The summed E-state index contributed by atoms with van der Waals surface area (Å²) >= 11 is 0. The number of hydrogen-bond acceptors (Lipinski definition) is 4. The summed E-state index contributed by atoms with van der Waals surface area (Å²) in [6.07, 6.45) is 3.26. The highest BCUT2D eigenvalue weighted by Crippen LogP contribution is 2.23. The maximum absolute atomic E-state index is 11.5. The SMILES string of the molecule is CC(C)(C)c1ccc(C=Cc2oc(CO)cc(=O)c2O)cc1. The molecule has 2 rings (SSSR count). The van der Waals surface area contributed by atoms with Gasteiger partial charge in [-0.25, -0.2) is 0 Å². The van der Waals surface area contributed by atoms with Crippen LogP contribution in [0, 0.1) is 0 Å². The molecule has 0 atom stereocenters. The molecule has 2 N–H and O–H groups in total. The van der Waals surface area contributed by atoms with Gasteiger partial charge in [0.15, 0.2) is 5.76 Å². The minimum absolute atomic E-state index is 0.0384. The third-order valence-electron chi connectivity index (χ3n) is 3.36. The van der Waals surface area contributed by atoms with Crippen molar-refractivity contribution in [3.63, 3.8) is 0 Å². The smallest absolute Gasteiger partial charge is 0.227 e. The number of rotatable bonds is 3. The third kappa shape index (κ3) is 3.65. The highest BCUT2D eigenvalue weighted by molar-refractivity contribution is 5.69. The van der Waals surface area contributed by atoms with Crippen LogP contribution in [0.2, 0.25) is 0 Å². The monoisotopic (exact) mass is 300 g/mol. The Labute approximate surface area is 129 Å². The molecule has 0 fully saturated rings. The van der Waals surface area contributed by atoms with Crippen LogP contribution >= 0.6 is 0 Å². The number of benzene rings is 1. The minimum Gasteiger partial charge on any atom is -0.502 e. The second kappa shape index (κ2) is 6.20. The highest BCUT2D eigenvalue weighted by atomic mass is 16.4. The molecule has 0 bridgehead atoms. The van der Waals surface area contributed by atoms with Gasteiger partial charge in [-0.2, -0.15) is 0 Å². The van der Waals surface area contributed by atoms with Crippen LogP contribution < -0.4 is 5.43 Å². The lowest BCUT2D eigenvalue weighted by atomic mass is 9.87. The molecule has 1 aromatic heterocycles. The predicted molar refractivity (Wildman–Crippen MR) is 86.6 cm³/mol. The Kier molecular flexibility index (Phi) is 4.52. The van der Waals surface area contributed by atoms with Crippen LogP contribution in [0.1, 0.15) is 43.4 Å². The Balaban J connectivity index is 2.29. The Morgan fingerprint density at radius 1 is 1.14 bits per heavy atom. The summed E-state index contributed by atoms with van der Waals surface area (Å²) in [4.78, 5) is 11.5. The van der Waals surface area contributed by atoms with Crippen molar-refractivity contribution in [2.24, 2.45) is 0 Å². The maximum atomic E-state index is 11.5. The van der Waals surface area contributed by atoms with Gasteiger partial charge in [0.25, 0.3) is 0 Å². The summed E-state index contributed by atoms with van der Waals surface area (Å²) in [6, 6.07) is 9.08. The molecule has 0 spiro atoms. The maximum Gasteiger partial charge on any atom is 0.227 e. The fraction of sp³-hybridized carbons (Fsp3) is 0.278. The first-order chi connectivity index (χ1) is 10.3. The van der Waals surface area contributed by atoms with Crippen molar-refractivity contribution in [1.29, 1.82) is 0 Å². The van der Waals surface area contributed by atoms with Gasteiger partial charge < -0.3 is 14.6 Å². The molecule has 1 heterocycles. The second-order valence-electron chi connectivity index (χ2n) is 6.15. The Hall–Kier alpha value is -2.33. The second-order valence-corrected chi connectivity index (χ2v) is 6.15. The minimum atomic E-state index is -0.571. The van der Waals surface area contributed by atoms with E-state index in [-0.39, 0.29) is 16.9 Å². The van der Waals surface area contributed by atoms with Gasteiger partial charge in [0.05, 0.1) is 0 Å². The molecule has 2 aromatic rings. The van der Waals surface area contributed by atoms with Gasteiger partial charge in [0, 0.05) is 6.07 Å². The van der Waals surface area contributed by atoms with Crippen molar-refractivity contribution in [2.75, 3.05) is 0 Å². The normalized spacial score (nSPS) is 12.0. The Morgan fingerprint density at radius 2 is 1.77 bits per heavy atom. The van der Waals surface area contributed by atoms with Gasteiger partial charge in [-0.05, 0) is 22.6 Å². The topological polar surface area (TPSA) is 70.7 Å². The van der Waals surface area contributed by atoms with E-state index in [4.69, 9.17) is 9.52 Å². The van der Waals surface area contributed by atoms with Gasteiger partial charge in [-0.3, -0.25) is 4.79 Å². The summed E-state index contributed by atoms with van der Waals surface area (Å²) in [5.74, 6) is -0.304. The van der Waals surface area contributed by atoms with Crippen LogP contribution in [0.15, 0.2) is 39.5 Å². The van der Waals surface area contributed by atoms with E-state index < -0.39 is 17.8 Å². The molecule has 0 amide bonds. The zero-order chi connectivity index (χ0) is 16.3. The van der Waals surface area contributed by atoms with Crippen LogP contribution in [0.5, 0.6) is 5.75 Å². The standard InChI is InChI=1S/C18H20O4/c1-18(2,3)13-7-4-12(5-8-13)6-9-16-17(21)15(20)10-14(11-19)22-16/h4-10,19,21H,11H2,1-3H3. The number of aliphatic hydroxyl groups excluding tert-OH is 1. The summed E-state index contributed by atoms with van der Waals surface area (Å²) in [5.41, 5.74) is 1.66. The van der Waals surface area contributed by atoms with Gasteiger partial charge in [-0.15, -0.1) is 0 Å². The van der Waals surface area contributed by atoms with Gasteiger partial charge in [0.2, 0.25) is 11.2 Å². The van der Waals surface area contributed by atoms with Gasteiger partial charge >= 0.3 is 0 Å². The van der Waals surface area contributed by atoms with E-state index in [1.165, 1.54) is 11.6 Å². The molecule has 4 heteroatoms. The first kappa shape index (κ1) is 16.0. The van der Waals surface area contributed by atoms with E-state index in [0.29, 0.717) is 0 Å². The van der Waals surface area contributed by atoms with E-state index in [2.05, 4.69) is 20.8 Å². The van der Waals surface area contributed by atoms with Crippen LogP contribution in [0.25, 0.3) is 12.2 Å². The van der Waals surface area contributed by atoms with Crippen LogP contribution in [0.3, 0.4) is 0 Å². The molecular weight excluding hydrogens is 280 g/mol. The van der Waals surface area contributed by atoms with Crippen molar-refractivity contribution in [2.45, 2.75) is 32.8 Å². The first-order valence-corrected chi connectivity index (χ1v) is 7.07. The van der Waals surface area contributed by atoms with E-state index in [1.54, 1.807) is 6.08 Å². The fourth-order valence-electron chi connectivity index (χ4n) is 2.01. The molecule has 0 aliphatic carbocycles. The molecule has 0 saturated carbocycles. The van der Waals surface area contributed by atoms with Crippen molar-refractivity contribution < 1.29 is 14.6 Å². The lowest BCUT2D eigenvalue weighted by Crippen LogP contribution is -2.10. The van der Waals surface area contributed by atoms with E-state index >= 15 is 0 Å². The zero-order valence-electron chi connectivity index (χ0n) is 13.0. The molecule has 4 nitrogen and oxygen atoms in total. The fourth-order valence-corrected chi connectivity index (χ4v) is 2.01. The van der Waals surface area contributed by atoms with Gasteiger partial charge in [0.1, 0.15) is 12.4 Å². The highest BCUT2D eigenvalue weighted by Gasteiger charge is 2.12. The third-order valence-corrected chi connectivity index (χ3v) is 3.36.